The van der Waals surface area contributed by atoms with E-state index in [4.69, 9.17) is 4.52 Å². The molecule has 2 aromatic carbocycles. The lowest BCUT2D eigenvalue weighted by Gasteiger charge is -2.13. The quantitative estimate of drug-likeness (QED) is 0.663. The number of nitrogens with one attached hydrogen (secondary N) is 2. The Hall–Kier alpha value is -2.86. The van der Waals surface area contributed by atoms with E-state index in [9.17, 15) is 9.90 Å². The maximum Gasteiger partial charge on any atom is 0.319 e. The number of nitrogens with zero attached hydrogens (tertiary/aromatic N) is 1. The number of aromatic nitrogens is 1. The highest BCUT2D eigenvalue weighted by atomic mass is 16.5. The summed E-state index contributed by atoms with van der Waals surface area (Å²) in [6.45, 7) is 3.80. The molecule has 0 aliphatic heterocycles. The topological polar surface area (TPSA) is 87.4 Å². The third-order valence-corrected chi connectivity index (χ3v) is 4.11. The zero-order valence-corrected chi connectivity index (χ0v) is 14.2. The van der Waals surface area contributed by atoms with Gasteiger partial charge in [-0.15, -0.1) is 0 Å². The lowest BCUT2D eigenvalue weighted by atomic mass is 10.0. The number of anilines is 1. The van der Waals surface area contributed by atoms with Crippen LogP contribution in [0.1, 0.15) is 30.0 Å². The van der Waals surface area contributed by atoms with Crippen molar-refractivity contribution in [3.8, 4) is 0 Å². The van der Waals surface area contributed by atoms with E-state index in [2.05, 4.69) is 15.8 Å². The summed E-state index contributed by atoms with van der Waals surface area (Å²) in [7, 11) is 0. The molecule has 0 fully saturated rings. The Labute approximate surface area is 145 Å². The van der Waals surface area contributed by atoms with Crippen molar-refractivity contribution in [2.24, 2.45) is 0 Å². The number of benzene rings is 2. The van der Waals surface area contributed by atoms with E-state index < -0.39 is 12.1 Å². The molecule has 0 bridgehead atoms. The molecule has 6 heteroatoms. The SMILES string of the molecule is CCc1onc(C)c1NC(=O)NCC(O)c1ccc2ccccc2c1. The maximum absolute atomic E-state index is 12.1. The summed E-state index contributed by atoms with van der Waals surface area (Å²) in [5.74, 6) is 0.628. The standard InChI is InChI=1S/C19H21N3O3/c1-3-17-18(12(2)22-25-17)21-19(24)20-11-16(23)15-9-8-13-6-4-5-7-14(13)10-15/h4-10,16,23H,3,11H2,1-2H3,(H2,20,21,24). The van der Waals surface area contributed by atoms with E-state index in [1.807, 2.05) is 49.4 Å². The van der Waals surface area contributed by atoms with Crippen LogP contribution in [-0.4, -0.2) is 22.8 Å². The van der Waals surface area contributed by atoms with Crippen molar-refractivity contribution in [1.29, 1.82) is 0 Å². The van der Waals surface area contributed by atoms with E-state index >= 15 is 0 Å². The number of hydrogen-bond acceptors (Lipinski definition) is 4. The number of fused-ring (bicyclic) bond motifs is 1. The molecule has 1 aromatic heterocycles. The van der Waals surface area contributed by atoms with Crippen LogP contribution in [0.25, 0.3) is 10.8 Å². The van der Waals surface area contributed by atoms with Crippen molar-refractivity contribution in [2.75, 3.05) is 11.9 Å². The first-order chi connectivity index (χ1) is 12.1. The van der Waals surface area contributed by atoms with Crippen molar-refractivity contribution >= 4 is 22.5 Å². The normalized spacial score (nSPS) is 12.1. The monoisotopic (exact) mass is 339 g/mol. The van der Waals surface area contributed by atoms with Gasteiger partial charge >= 0.3 is 6.03 Å². The third-order valence-electron chi connectivity index (χ3n) is 4.11. The summed E-state index contributed by atoms with van der Waals surface area (Å²) in [5.41, 5.74) is 1.97. The van der Waals surface area contributed by atoms with E-state index in [1.165, 1.54) is 0 Å². The van der Waals surface area contributed by atoms with Gasteiger partial charge < -0.3 is 20.3 Å². The summed E-state index contributed by atoms with van der Waals surface area (Å²) < 4.78 is 5.14. The van der Waals surface area contributed by atoms with Gasteiger partial charge in [0.2, 0.25) is 0 Å². The molecule has 1 heterocycles. The molecule has 0 radical (unpaired) electrons. The maximum atomic E-state index is 12.1. The van der Waals surface area contributed by atoms with E-state index in [-0.39, 0.29) is 6.54 Å². The molecule has 1 atom stereocenters. The van der Waals surface area contributed by atoms with Gasteiger partial charge in [0, 0.05) is 13.0 Å². The van der Waals surface area contributed by atoms with Crippen LogP contribution >= 0.6 is 0 Å². The molecular weight excluding hydrogens is 318 g/mol. The van der Waals surface area contributed by atoms with Crippen molar-refractivity contribution in [3.05, 3.63) is 59.5 Å². The van der Waals surface area contributed by atoms with Crippen molar-refractivity contribution in [1.82, 2.24) is 10.5 Å². The summed E-state index contributed by atoms with van der Waals surface area (Å²) in [6, 6.07) is 13.3. The van der Waals surface area contributed by atoms with Gasteiger partial charge in [-0.05, 0) is 29.3 Å². The van der Waals surface area contributed by atoms with Crippen LogP contribution in [0.4, 0.5) is 10.5 Å². The van der Waals surface area contributed by atoms with Gasteiger partial charge in [0.25, 0.3) is 0 Å². The van der Waals surface area contributed by atoms with Gasteiger partial charge in [0.05, 0.1) is 6.10 Å². The second kappa shape index (κ2) is 7.36. The summed E-state index contributed by atoms with van der Waals surface area (Å²) in [6.07, 6.45) is -0.152. The molecule has 0 saturated carbocycles. The fourth-order valence-corrected chi connectivity index (χ4v) is 2.70. The molecule has 0 saturated heterocycles. The van der Waals surface area contributed by atoms with Crippen LogP contribution in [0.3, 0.4) is 0 Å². The third kappa shape index (κ3) is 3.80. The second-order valence-corrected chi connectivity index (χ2v) is 5.88. The minimum Gasteiger partial charge on any atom is -0.387 e. The number of aliphatic hydroxyl groups excluding tert-OH is 1. The Bertz CT molecular complexity index is 889. The average Bonchev–Trinajstić information content (AvgIpc) is 2.99. The van der Waals surface area contributed by atoms with Crippen molar-refractivity contribution in [2.45, 2.75) is 26.4 Å². The number of amides is 2. The van der Waals surface area contributed by atoms with Crippen LogP contribution in [0.2, 0.25) is 0 Å². The zero-order chi connectivity index (χ0) is 17.8. The van der Waals surface area contributed by atoms with Crippen molar-refractivity contribution in [3.63, 3.8) is 0 Å². The number of hydrogen-bond donors (Lipinski definition) is 3. The van der Waals surface area contributed by atoms with Crippen LogP contribution in [0, 0.1) is 6.92 Å². The molecule has 2 amide bonds. The molecule has 25 heavy (non-hydrogen) atoms. The number of aliphatic hydroxyl groups is 1. The highest BCUT2D eigenvalue weighted by Crippen LogP contribution is 2.21. The number of rotatable bonds is 5. The number of carbonyl (C=O) groups is 1. The van der Waals surface area contributed by atoms with E-state index in [1.54, 1.807) is 6.92 Å². The molecule has 130 valence electrons. The molecule has 6 nitrogen and oxygen atoms in total. The summed E-state index contributed by atoms with van der Waals surface area (Å²) >= 11 is 0. The van der Waals surface area contributed by atoms with E-state index in [0.29, 0.717) is 23.6 Å². The van der Waals surface area contributed by atoms with Crippen LogP contribution < -0.4 is 10.6 Å². The minimum absolute atomic E-state index is 0.107. The Morgan fingerprint density at radius 2 is 2.00 bits per heavy atom. The summed E-state index contributed by atoms with van der Waals surface area (Å²) in [4.78, 5) is 12.1. The van der Waals surface area contributed by atoms with Gasteiger partial charge in [-0.3, -0.25) is 0 Å². The zero-order valence-electron chi connectivity index (χ0n) is 14.2. The minimum atomic E-state index is -0.787. The van der Waals surface area contributed by atoms with Crippen LogP contribution in [0.15, 0.2) is 47.0 Å². The summed E-state index contributed by atoms with van der Waals surface area (Å²) in [5, 5.41) is 21.7. The highest BCUT2D eigenvalue weighted by molar-refractivity contribution is 5.90. The van der Waals surface area contributed by atoms with Gasteiger partial charge in [-0.2, -0.15) is 0 Å². The fraction of sp³-hybridized carbons (Fsp3) is 0.263. The molecule has 0 aliphatic rings. The van der Waals surface area contributed by atoms with Crippen LogP contribution in [0.5, 0.6) is 0 Å². The lowest BCUT2D eigenvalue weighted by Crippen LogP contribution is -2.32. The van der Waals surface area contributed by atoms with Gasteiger partial charge in [0.1, 0.15) is 11.4 Å². The first-order valence-corrected chi connectivity index (χ1v) is 8.25. The smallest absolute Gasteiger partial charge is 0.319 e. The first-order valence-electron chi connectivity index (χ1n) is 8.25. The lowest BCUT2D eigenvalue weighted by molar-refractivity contribution is 0.175. The Kier molecular flexibility index (Phi) is 5.00. The predicted molar refractivity (Wildman–Crippen MR) is 96.5 cm³/mol. The number of carbonyl (C=O) groups excluding carboxylic acids is 1. The molecule has 0 spiro atoms. The molecular formula is C19H21N3O3. The van der Waals surface area contributed by atoms with Gasteiger partial charge in [-0.25, -0.2) is 4.79 Å². The second-order valence-electron chi connectivity index (χ2n) is 5.88. The average molecular weight is 339 g/mol. The highest BCUT2D eigenvalue weighted by Gasteiger charge is 2.15. The molecule has 3 rings (SSSR count). The number of aryl methyl sites for hydroxylation is 2. The van der Waals surface area contributed by atoms with E-state index in [0.717, 1.165) is 16.3 Å². The van der Waals surface area contributed by atoms with Gasteiger partial charge in [0.15, 0.2) is 5.76 Å². The fourth-order valence-electron chi connectivity index (χ4n) is 2.70. The molecule has 1 unspecified atom stereocenters. The predicted octanol–water partition coefficient (Wildman–Crippen LogP) is 3.55. The molecule has 0 aliphatic carbocycles. The Balaban J connectivity index is 1.61. The van der Waals surface area contributed by atoms with Crippen molar-refractivity contribution < 1.29 is 14.4 Å². The largest absolute Gasteiger partial charge is 0.387 e. The Morgan fingerprint density at radius 1 is 1.24 bits per heavy atom. The Morgan fingerprint density at radius 3 is 2.76 bits per heavy atom. The van der Waals surface area contributed by atoms with Gasteiger partial charge in [-0.1, -0.05) is 48.5 Å². The number of urea groups is 1. The molecule has 3 N–H and O–H groups in total. The van der Waals surface area contributed by atoms with Crippen LogP contribution in [-0.2, 0) is 6.42 Å². The molecule has 3 aromatic rings. The first kappa shape index (κ1) is 17.0.